The number of benzene rings is 1. The zero-order chi connectivity index (χ0) is 8.27. The van der Waals surface area contributed by atoms with Crippen molar-refractivity contribution in [2.45, 2.75) is 13.3 Å². The Labute approximate surface area is 93.9 Å². The van der Waals surface area contributed by atoms with Gasteiger partial charge in [0.25, 0.3) is 0 Å². The molecule has 0 amide bonds. The molecule has 0 fully saturated rings. The topological polar surface area (TPSA) is 40.1 Å². The molecule has 0 radical (unpaired) electrons. The SMILES string of the molecule is Cc1ccc(CC(=O)[O-])cc1.[Na+]. The van der Waals surface area contributed by atoms with Crippen LogP contribution in [0.15, 0.2) is 24.3 Å². The van der Waals surface area contributed by atoms with Crippen molar-refractivity contribution in [1.82, 2.24) is 0 Å². The Morgan fingerprint density at radius 2 is 1.83 bits per heavy atom. The number of hydrogen-bond acceptors (Lipinski definition) is 2. The average Bonchev–Trinajstić information content (AvgIpc) is 1.93. The molecule has 12 heavy (non-hydrogen) atoms. The molecule has 1 aromatic carbocycles. The quantitative estimate of drug-likeness (QED) is 0.455. The number of carboxylic acids is 1. The van der Waals surface area contributed by atoms with E-state index in [-0.39, 0.29) is 36.0 Å². The molecule has 1 rings (SSSR count). The summed E-state index contributed by atoms with van der Waals surface area (Å²) in [6, 6.07) is 7.37. The maximum Gasteiger partial charge on any atom is 1.00 e. The summed E-state index contributed by atoms with van der Waals surface area (Å²) >= 11 is 0. The third kappa shape index (κ3) is 3.90. The van der Waals surface area contributed by atoms with Gasteiger partial charge in [-0.05, 0) is 12.5 Å². The van der Waals surface area contributed by atoms with Crippen molar-refractivity contribution in [2.75, 3.05) is 0 Å². The van der Waals surface area contributed by atoms with E-state index in [0.29, 0.717) is 0 Å². The normalized spacial score (nSPS) is 8.75. The third-order valence-electron chi connectivity index (χ3n) is 1.47. The van der Waals surface area contributed by atoms with Gasteiger partial charge in [-0.3, -0.25) is 0 Å². The second-order valence-corrected chi connectivity index (χ2v) is 2.53. The van der Waals surface area contributed by atoms with Gasteiger partial charge in [0.1, 0.15) is 0 Å². The minimum Gasteiger partial charge on any atom is -0.550 e. The molecule has 0 heterocycles. The molecule has 0 atom stereocenters. The van der Waals surface area contributed by atoms with Crippen LogP contribution in [0.1, 0.15) is 11.1 Å². The van der Waals surface area contributed by atoms with E-state index < -0.39 is 5.97 Å². The maximum atomic E-state index is 10.1. The van der Waals surface area contributed by atoms with Crippen LogP contribution in [0.25, 0.3) is 0 Å². The van der Waals surface area contributed by atoms with Gasteiger partial charge in [-0.2, -0.15) is 0 Å². The number of aliphatic carboxylic acids is 1. The van der Waals surface area contributed by atoms with Gasteiger partial charge in [0.2, 0.25) is 0 Å². The summed E-state index contributed by atoms with van der Waals surface area (Å²) in [6.45, 7) is 1.96. The molecule has 58 valence electrons. The summed E-state index contributed by atoms with van der Waals surface area (Å²) in [5, 5.41) is 10.1. The van der Waals surface area contributed by atoms with Crippen LogP contribution in [0.4, 0.5) is 0 Å². The molecule has 2 nitrogen and oxygen atoms in total. The van der Waals surface area contributed by atoms with Gasteiger partial charge in [-0.1, -0.05) is 29.8 Å². The molecule has 0 saturated carbocycles. The van der Waals surface area contributed by atoms with E-state index in [0.717, 1.165) is 11.1 Å². The minimum absolute atomic E-state index is 0. The smallest absolute Gasteiger partial charge is 0.550 e. The summed E-state index contributed by atoms with van der Waals surface area (Å²) in [5.74, 6) is -1.03. The molecule has 0 aliphatic rings. The van der Waals surface area contributed by atoms with E-state index in [4.69, 9.17) is 0 Å². The monoisotopic (exact) mass is 172 g/mol. The van der Waals surface area contributed by atoms with Crippen LogP contribution < -0.4 is 34.7 Å². The predicted molar refractivity (Wildman–Crippen MR) is 39.9 cm³/mol. The van der Waals surface area contributed by atoms with Crippen molar-refractivity contribution >= 4 is 5.97 Å². The van der Waals surface area contributed by atoms with Gasteiger partial charge in [-0.15, -0.1) is 0 Å². The van der Waals surface area contributed by atoms with Gasteiger partial charge in [0.15, 0.2) is 0 Å². The first-order valence-electron chi connectivity index (χ1n) is 3.44. The van der Waals surface area contributed by atoms with Crippen LogP contribution in [-0.2, 0) is 11.2 Å². The fourth-order valence-electron chi connectivity index (χ4n) is 0.873. The van der Waals surface area contributed by atoms with Gasteiger partial charge >= 0.3 is 29.6 Å². The molecular weight excluding hydrogens is 163 g/mol. The fraction of sp³-hybridized carbons (Fsp3) is 0.222. The summed E-state index contributed by atoms with van der Waals surface area (Å²) in [7, 11) is 0. The Morgan fingerprint density at radius 1 is 1.33 bits per heavy atom. The first-order chi connectivity index (χ1) is 5.18. The van der Waals surface area contributed by atoms with Crippen molar-refractivity contribution in [2.24, 2.45) is 0 Å². The van der Waals surface area contributed by atoms with Crippen molar-refractivity contribution in [1.29, 1.82) is 0 Å². The number of aryl methyl sites for hydroxylation is 1. The average molecular weight is 172 g/mol. The van der Waals surface area contributed by atoms with Crippen LogP contribution in [-0.4, -0.2) is 5.97 Å². The summed E-state index contributed by atoms with van der Waals surface area (Å²) in [4.78, 5) is 10.1. The Hall–Kier alpha value is -0.310. The van der Waals surface area contributed by atoms with E-state index in [1.165, 1.54) is 0 Å². The molecule has 1 aromatic rings. The van der Waals surface area contributed by atoms with Gasteiger partial charge < -0.3 is 9.90 Å². The van der Waals surface area contributed by atoms with Crippen LogP contribution in [0.3, 0.4) is 0 Å². The number of carboxylic acid groups (broad SMARTS) is 1. The number of rotatable bonds is 2. The van der Waals surface area contributed by atoms with Gasteiger partial charge in [0, 0.05) is 12.4 Å². The first kappa shape index (κ1) is 11.7. The summed E-state index contributed by atoms with van der Waals surface area (Å²) in [5.41, 5.74) is 1.92. The molecule has 0 aliphatic heterocycles. The van der Waals surface area contributed by atoms with Crippen molar-refractivity contribution in [3.8, 4) is 0 Å². The van der Waals surface area contributed by atoms with Gasteiger partial charge in [0.05, 0.1) is 0 Å². The zero-order valence-corrected chi connectivity index (χ0v) is 9.33. The maximum absolute atomic E-state index is 10.1. The molecule has 0 saturated heterocycles. The van der Waals surface area contributed by atoms with Gasteiger partial charge in [-0.25, -0.2) is 0 Å². The van der Waals surface area contributed by atoms with Crippen LogP contribution >= 0.6 is 0 Å². The first-order valence-corrected chi connectivity index (χ1v) is 3.44. The van der Waals surface area contributed by atoms with E-state index in [1.54, 1.807) is 12.1 Å². The molecule has 0 aromatic heterocycles. The standard InChI is InChI=1S/C9H10O2.Na/c1-7-2-4-8(5-3-7)6-9(10)11;/h2-5H,6H2,1H3,(H,10,11);/q;+1/p-1. The molecule has 3 heteroatoms. The zero-order valence-electron chi connectivity index (χ0n) is 7.33. The molecule has 0 aliphatic carbocycles. The second kappa shape index (κ2) is 5.36. The van der Waals surface area contributed by atoms with Crippen LogP contribution in [0, 0.1) is 6.92 Å². The number of carbonyl (C=O) groups is 1. The second-order valence-electron chi connectivity index (χ2n) is 2.53. The Balaban J connectivity index is 0.00000121. The molecule has 0 N–H and O–H groups in total. The van der Waals surface area contributed by atoms with E-state index >= 15 is 0 Å². The fourth-order valence-corrected chi connectivity index (χ4v) is 0.873. The van der Waals surface area contributed by atoms with Crippen LogP contribution in [0.5, 0.6) is 0 Å². The number of carbonyl (C=O) groups excluding carboxylic acids is 1. The van der Waals surface area contributed by atoms with E-state index in [2.05, 4.69) is 0 Å². The Kier molecular flexibility index (Phi) is 5.22. The Bertz CT molecular complexity index is 254. The van der Waals surface area contributed by atoms with Crippen molar-refractivity contribution in [3.05, 3.63) is 35.4 Å². The van der Waals surface area contributed by atoms with Crippen LogP contribution in [0.2, 0.25) is 0 Å². The van der Waals surface area contributed by atoms with Crippen molar-refractivity contribution < 1.29 is 39.5 Å². The van der Waals surface area contributed by atoms with Crippen molar-refractivity contribution in [3.63, 3.8) is 0 Å². The molecule has 0 bridgehead atoms. The largest absolute Gasteiger partial charge is 1.00 e. The Morgan fingerprint density at radius 3 is 2.25 bits per heavy atom. The minimum atomic E-state index is -1.03. The summed E-state index contributed by atoms with van der Waals surface area (Å²) in [6.07, 6.45) is 0.000278. The molecule has 0 unspecified atom stereocenters. The predicted octanol–water partition coefficient (Wildman–Crippen LogP) is -2.71. The number of hydrogen-bond donors (Lipinski definition) is 0. The third-order valence-corrected chi connectivity index (χ3v) is 1.47. The van der Waals surface area contributed by atoms with E-state index in [1.807, 2.05) is 19.1 Å². The molecular formula is C9H9NaO2. The van der Waals surface area contributed by atoms with E-state index in [9.17, 15) is 9.90 Å². The summed E-state index contributed by atoms with van der Waals surface area (Å²) < 4.78 is 0. The molecule has 0 spiro atoms.